The van der Waals surface area contributed by atoms with Crippen LogP contribution in [0, 0.1) is 0 Å². The van der Waals surface area contributed by atoms with Crippen molar-refractivity contribution >= 4 is 41.2 Å². The van der Waals surface area contributed by atoms with E-state index in [1.165, 1.54) is 0 Å². The number of rotatable bonds is 6. The van der Waals surface area contributed by atoms with Crippen molar-refractivity contribution in [1.29, 1.82) is 0 Å². The number of carbonyl (C=O) groups excluding carboxylic acids is 1. The van der Waals surface area contributed by atoms with Gasteiger partial charge in [0.2, 0.25) is 5.88 Å². The van der Waals surface area contributed by atoms with Crippen LogP contribution in [0.3, 0.4) is 0 Å². The second kappa shape index (κ2) is 9.11. The number of carbonyl (C=O) groups is 1. The number of hydrogen-bond donors (Lipinski definition) is 2. The molecule has 0 saturated heterocycles. The topological polar surface area (TPSA) is 103 Å². The Balaban J connectivity index is 1.49. The van der Waals surface area contributed by atoms with Crippen LogP contribution in [-0.4, -0.2) is 16.9 Å². The zero-order chi connectivity index (χ0) is 19.1. The second-order valence-electron chi connectivity index (χ2n) is 5.20. The Morgan fingerprint density at radius 2 is 2.04 bits per heavy atom. The minimum Gasteiger partial charge on any atom is -0.444 e. The molecule has 3 rings (SSSR count). The number of furan rings is 1. The van der Waals surface area contributed by atoms with Gasteiger partial charge in [-0.05, 0) is 42.5 Å². The molecule has 0 bridgehead atoms. The molecule has 0 radical (unpaired) electrons. The van der Waals surface area contributed by atoms with E-state index >= 15 is 0 Å². The molecule has 138 valence electrons. The van der Waals surface area contributed by atoms with Crippen LogP contribution >= 0.6 is 23.4 Å². The van der Waals surface area contributed by atoms with Crippen LogP contribution in [0.1, 0.15) is 11.5 Å². The number of amidine groups is 1. The number of hydrogen-bond acceptors (Lipinski definition) is 6. The highest BCUT2D eigenvalue weighted by Crippen LogP contribution is 2.26. The molecule has 0 atom stereocenters. The summed E-state index contributed by atoms with van der Waals surface area (Å²) in [5, 5.41) is 6.67. The predicted octanol–water partition coefficient (Wildman–Crippen LogP) is 4.49. The van der Waals surface area contributed by atoms with Crippen molar-refractivity contribution in [3.8, 4) is 0 Å². The van der Waals surface area contributed by atoms with E-state index in [4.69, 9.17) is 26.6 Å². The summed E-state index contributed by atoms with van der Waals surface area (Å²) in [6, 6.07) is 16.0. The van der Waals surface area contributed by atoms with Gasteiger partial charge in [0.1, 0.15) is 11.5 Å². The van der Waals surface area contributed by atoms with E-state index < -0.39 is 6.09 Å². The van der Waals surface area contributed by atoms with Crippen LogP contribution in [0.5, 0.6) is 0 Å². The highest BCUT2D eigenvalue weighted by atomic mass is 35.5. The maximum atomic E-state index is 11.8. The van der Waals surface area contributed by atoms with E-state index in [1.807, 2.05) is 24.3 Å². The third kappa shape index (κ3) is 5.77. The maximum absolute atomic E-state index is 11.8. The molecule has 0 fully saturated rings. The van der Waals surface area contributed by atoms with Gasteiger partial charge in [-0.1, -0.05) is 22.8 Å². The van der Waals surface area contributed by atoms with Crippen molar-refractivity contribution in [3.05, 3.63) is 77.3 Å². The first kappa shape index (κ1) is 18.8. The normalized spacial score (nSPS) is 11.2. The number of halogens is 1. The van der Waals surface area contributed by atoms with Crippen molar-refractivity contribution in [2.75, 3.05) is 5.32 Å². The molecule has 9 heteroatoms. The SMILES string of the molecule is NC(=NOC(=O)Nc1ccc(CSc2ccc(Cl)cc2)o1)c1ccccn1. The smallest absolute Gasteiger partial charge is 0.440 e. The van der Waals surface area contributed by atoms with Crippen molar-refractivity contribution in [1.82, 2.24) is 4.98 Å². The fourth-order valence-electron chi connectivity index (χ4n) is 1.98. The van der Waals surface area contributed by atoms with Crippen molar-refractivity contribution in [2.24, 2.45) is 10.9 Å². The number of anilines is 1. The first-order valence-electron chi connectivity index (χ1n) is 7.80. The highest BCUT2D eigenvalue weighted by molar-refractivity contribution is 7.98. The number of amides is 1. The molecule has 2 heterocycles. The molecule has 7 nitrogen and oxygen atoms in total. The maximum Gasteiger partial charge on any atom is 0.440 e. The Morgan fingerprint density at radius 3 is 2.78 bits per heavy atom. The Kier molecular flexibility index (Phi) is 6.35. The lowest BCUT2D eigenvalue weighted by atomic mass is 10.3. The number of nitrogens with zero attached hydrogens (tertiary/aromatic N) is 2. The first-order chi connectivity index (χ1) is 13.1. The lowest BCUT2D eigenvalue weighted by Gasteiger charge is -2.01. The van der Waals surface area contributed by atoms with E-state index in [2.05, 4.69) is 15.5 Å². The van der Waals surface area contributed by atoms with E-state index in [-0.39, 0.29) is 11.7 Å². The largest absolute Gasteiger partial charge is 0.444 e. The van der Waals surface area contributed by atoms with Gasteiger partial charge in [-0.15, -0.1) is 11.8 Å². The lowest BCUT2D eigenvalue weighted by Crippen LogP contribution is -2.18. The van der Waals surface area contributed by atoms with E-state index in [9.17, 15) is 4.79 Å². The average Bonchev–Trinajstić information content (AvgIpc) is 3.13. The second-order valence-corrected chi connectivity index (χ2v) is 6.69. The van der Waals surface area contributed by atoms with Crippen molar-refractivity contribution in [3.63, 3.8) is 0 Å². The molecule has 0 spiro atoms. The van der Waals surface area contributed by atoms with Gasteiger partial charge < -0.3 is 10.2 Å². The van der Waals surface area contributed by atoms with Crippen LogP contribution in [0.4, 0.5) is 10.7 Å². The van der Waals surface area contributed by atoms with Crippen molar-refractivity contribution in [2.45, 2.75) is 10.6 Å². The Bertz CT molecular complexity index is 929. The average molecular weight is 403 g/mol. The van der Waals surface area contributed by atoms with Gasteiger partial charge in [0.15, 0.2) is 5.84 Å². The third-order valence-corrected chi connectivity index (χ3v) is 4.52. The lowest BCUT2D eigenvalue weighted by molar-refractivity contribution is 0.165. The zero-order valence-corrected chi connectivity index (χ0v) is 15.5. The summed E-state index contributed by atoms with van der Waals surface area (Å²) >= 11 is 7.44. The first-order valence-corrected chi connectivity index (χ1v) is 9.16. The van der Waals surface area contributed by atoms with E-state index in [0.29, 0.717) is 22.2 Å². The molecule has 1 amide bonds. The summed E-state index contributed by atoms with van der Waals surface area (Å²) in [5.41, 5.74) is 6.10. The highest BCUT2D eigenvalue weighted by Gasteiger charge is 2.09. The number of benzene rings is 1. The molecule has 0 saturated carbocycles. The van der Waals surface area contributed by atoms with Crippen LogP contribution in [0.15, 0.2) is 75.3 Å². The zero-order valence-electron chi connectivity index (χ0n) is 14.0. The van der Waals surface area contributed by atoms with Gasteiger partial charge >= 0.3 is 6.09 Å². The summed E-state index contributed by atoms with van der Waals surface area (Å²) in [5.74, 6) is 1.54. The van der Waals surface area contributed by atoms with Crippen LogP contribution in [0.2, 0.25) is 5.02 Å². The van der Waals surface area contributed by atoms with Crippen LogP contribution in [-0.2, 0) is 10.6 Å². The molecule has 3 N–H and O–H groups in total. The molecular formula is C18H15ClN4O3S. The van der Waals surface area contributed by atoms with E-state index in [0.717, 1.165) is 4.90 Å². The molecule has 2 aromatic heterocycles. The summed E-state index contributed by atoms with van der Waals surface area (Å²) in [4.78, 5) is 21.5. The van der Waals surface area contributed by atoms with Crippen LogP contribution < -0.4 is 11.1 Å². The number of aromatic nitrogens is 1. The number of nitrogens with one attached hydrogen (secondary N) is 1. The Hall–Kier alpha value is -2.97. The van der Waals surface area contributed by atoms with Gasteiger partial charge in [0, 0.05) is 22.2 Å². The van der Waals surface area contributed by atoms with Crippen LogP contribution in [0.25, 0.3) is 0 Å². The fraction of sp³-hybridized carbons (Fsp3) is 0.0556. The summed E-state index contributed by atoms with van der Waals surface area (Å²) in [7, 11) is 0. The number of thioether (sulfide) groups is 1. The molecule has 27 heavy (non-hydrogen) atoms. The molecule has 0 aliphatic heterocycles. The molecule has 0 aliphatic rings. The summed E-state index contributed by atoms with van der Waals surface area (Å²) < 4.78 is 5.54. The summed E-state index contributed by atoms with van der Waals surface area (Å²) in [6.45, 7) is 0. The minimum absolute atomic E-state index is 0.00903. The van der Waals surface area contributed by atoms with Gasteiger partial charge in [-0.2, -0.15) is 0 Å². The van der Waals surface area contributed by atoms with Gasteiger partial charge in [-0.3, -0.25) is 15.1 Å². The molecule has 1 aromatic carbocycles. The van der Waals surface area contributed by atoms with Crippen molar-refractivity contribution < 1.29 is 14.0 Å². The fourth-order valence-corrected chi connectivity index (χ4v) is 2.90. The number of oxime groups is 1. The third-order valence-electron chi connectivity index (χ3n) is 3.24. The summed E-state index contributed by atoms with van der Waals surface area (Å²) in [6.07, 6.45) is 0.740. The monoisotopic (exact) mass is 402 g/mol. The standard InChI is InChI=1S/C18H15ClN4O3S/c19-12-4-7-14(8-5-12)27-11-13-6-9-16(25-13)22-18(24)26-23-17(20)15-3-1-2-10-21-15/h1-10H,11H2,(H2,20,23)(H,22,24). The Labute approximate surface area is 164 Å². The number of nitrogens with two attached hydrogens (primary N) is 1. The quantitative estimate of drug-likeness (QED) is 0.207. The van der Waals surface area contributed by atoms with Gasteiger partial charge in [0.05, 0.1) is 5.75 Å². The Morgan fingerprint density at radius 1 is 1.22 bits per heavy atom. The number of pyridine rings is 1. The van der Waals surface area contributed by atoms with E-state index in [1.54, 1.807) is 48.3 Å². The minimum atomic E-state index is -0.819. The molecule has 0 unspecified atom stereocenters. The molecular weight excluding hydrogens is 388 g/mol. The molecule has 0 aliphatic carbocycles. The van der Waals surface area contributed by atoms with Gasteiger partial charge in [-0.25, -0.2) is 4.79 Å². The van der Waals surface area contributed by atoms with Gasteiger partial charge in [0.25, 0.3) is 0 Å². The predicted molar refractivity (Wildman–Crippen MR) is 105 cm³/mol. The molecule has 3 aromatic rings.